The molecule has 0 amide bonds. The highest BCUT2D eigenvalue weighted by Crippen LogP contribution is 2.19. The molecule has 0 fully saturated rings. The Balaban J connectivity index is 2.12. The van der Waals surface area contributed by atoms with Crippen LogP contribution in [0.15, 0.2) is 30.5 Å². The van der Waals surface area contributed by atoms with Crippen LogP contribution >= 0.6 is 11.8 Å². The summed E-state index contributed by atoms with van der Waals surface area (Å²) in [5.74, 6) is 2.38. The van der Waals surface area contributed by atoms with E-state index < -0.39 is 0 Å². The number of hydrogen-bond donors (Lipinski definition) is 1. The summed E-state index contributed by atoms with van der Waals surface area (Å²) < 4.78 is 2.35. The van der Waals surface area contributed by atoms with Gasteiger partial charge in [-0.15, -0.1) is 0 Å². The molecule has 1 aromatic carbocycles. The highest BCUT2D eigenvalue weighted by Gasteiger charge is 2.05. The molecule has 0 aliphatic rings. The number of nitrogens with zero attached hydrogens (tertiary/aromatic N) is 1. The molecule has 0 bridgehead atoms. The van der Waals surface area contributed by atoms with Crippen molar-refractivity contribution in [2.24, 2.45) is 5.73 Å². The lowest BCUT2D eigenvalue weighted by molar-refractivity contribution is 0.647. The quantitative estimate of drug-likeness (QED) is 0.782. The van der Waals surface area contributed by atoms with Gasteiger partial charge in [0.05, 0.1) is 0 Å². The summed E-state index contributed by atoms with van der Waals surface area (Å²) in [5.41, 5.74) is 8.72. The van der Waals surface area contributed by atoms with Gasteiger partial charge in [-0.05, 0) is 47.7 Å². The van der Waals surface area contributed by atoms with E-state index in [1.165, 1.54) is 28.0 Å². The number of nitrogens with two attached hydrogens (primary N) is 1. The molecule has 0 radical (unpaired) electrons. The number of fused-ring (bicyclic) bond motifs is 1. The number of rotatable bonds is 7. The zero-order chi connectivity index (χ0) is 13.7. The minimum Gasteiger partial charge on any atom is -0.347 e. The van der Waals surface area contributed by atoms with Gasteiger partial charge in [0, 0.05) is 30.1 Å². The van der Waals surface area contributed by atoms with Crippen LogP contribution in [0, 0.1) is 0 Å². The van der Waals surface area contributed by atoms with Crippen molar-refractivity contribution in [3.8, 4) is 0 Å². The first-order chi connectivity index (χ1) is 9.24. The summed E-state index contributed by atoms with van der Waals surface area (Å²) in [4.78, 5) is 0. The molecule has 2 N–H and O–H groups in total. The van der Waals surface area contributed by atoms with Crippen molar-refractivity contribution in [1.29, 1.82) is 0 Å². The van der Waals surface area contributed by atoms with Crippen molar-refractivity contribution in [3.63, 3.8) is 0 Å². The van der Waals surface area contributed by atoms with E-state index in [1.807, 2.05) is 11.8 Å². The van der Waals surface area contributed by atoms with Gasteiger partial charge in [0.2, 0.25) is 0 Å². The van der Waals surface area contributed by atoms with Crippen molar-refractivity contribution < 1.29 is 0 Å². The molecule has 2 aromatic rings. The minimum absolute atomic E-state index is 0.278. The third-order valence-corrected chi connectivity index (χ3v) is 4.42. The van der Waals surface area contributed by atoms with Crippen LogP contribution in [0.3, 0.4) is 0 Å². The van der Waals surface area contributed by atoms with E-state index in [9.17, 15) is 0 Å². The van der Waals surface area contributed by atoms with Crippen LogP contribution in [0.1, 0.15) is 25.8 Å². The first-order valence-electron chi connectivity index (χ1n) is 7.15. The van der Waals surface area contributed by atoms with Gasteiger partial charge in [0.25, 0.3) is 0 Å². The molecule has 1 unspecified atom stereocenters. The highest BCUT2D eigenvalue weighted by molar-refractivity contribution is 7.99. The Kier molecular flexibility index (Phi) is 5.34. The molecule has 19 heavy (non-hydrogen) atoms. The van der Waals surface area contributed by atoms with E-state index in [4.69, 9.17) is 5.73 Å². The average molecular weight is 276 g/mol. The maximum absolute atomic E-state index is 6.03. The van der Waals surface area contributed by atoms with Gasteiger partial charge in [-0.2, -0.15) is 11.8 Å². The largest absolute Gasteiger partial charge is 0.347 e. The molecule has 0 saturated heterocycles. The fraction of sp³-hybridized carbons (Fsp3) is 0.500. The van der Waals surface area contributed by atoms with Crippen LogP contribution in [0.25, 0.3) is 10.9 Å². The normalized spacial score (nSPS) is 13.0. The van der Waals surface area contributed by atoms with Gasteiger partial charge in [-0.1, -0.05) is 19.9 Å². The number of aromatic nitrogens is 1. The maximum Gasteiger partial charge on any atom is 0.0480 e. The second kappa shape index (κ2) is 7.01. The SMILES string of the molecule is CCSCCn1ccc2cc(CC(N)CC)ccc21. The van der Waals surface area contributed by atoms with Crippen LogP contribution in [0.4, 0.5) is 0 Å². The smallest absolute Gasteiger partial charge is 0.0480 e. The van der Waals surface area contributed by atoms with Crippen LogP contribution in [0.2, 0.25) is 0 Å². The molecule has 1 aromatic heterocycles. The lowest BCUT2D eigenvalue weighted by atomic mass is 10.0. The van der Waals surface area contributed by atoms with E-state index in [2.05, 4.69) is 48.9 Å². The molecule has 0 spiro atoms. The predicted octanol–water partition coefficient (Wildman–Crippen LogP) is 3.67. The molecule has 3 heteroatoms. The van der Waals surface area contributed by atoms with E-state index >= 15 is 0 Å². The molecule has 1 atom stereocenters. The molecule has 1 heterocycles. The molecule has 0 aliphatic heterocycles. The standard InChI is InChI=1S/C16H24N2S/c1-3-15(17)12-13-5-6-16-14(11-13)7-8-18(16)9-10-19-4-2/h5-8,11,15H,3-4,9-10,12,17H2,1-2H3. The van der Waals surface area contributed by atoms with Gasteiger partial charge in [-0.3, -0.25) is 0 Å². The second-order valence-corrected chi connectivity index (χ2v) is 6.37. The van der Waals surface area contributed by atoms with Gasteiger partial charge < -0.3 is 10.3 Å². The molecular weight excluding hydrogens is 252 g/mol. The Morgan fingerprint density at radius 2 is 2.11 bits per heavy atom. The zero-order valence-corrected chi connectivity index (χ0v) is 12.7. The summed E-state index contributed by atoms with van der Waals surface area (Å²) in [6, 6.07) is 9.24. The van der Waals surface area contributed by atoms with Crippen molar-refractivity contribution in [2.75, 3.05) is 11.5 Å². The fourth-order valence-electron chi connectivity index (χ4n) is 2.33. The monoisotopic (exact) mass is 276 g/mol. The van der Waals surface area contributed by atoms with E-state index in [0.717, 1.165) is 19.4 Å². The Morgan fingerprint density at radius 1 is 1.26 bits per heavy atom. The predicted molar refractivity (Wildman–Crippen MR) is 86.9 cm³/mol. The fourth-order valence-corrected chi connectivity index (χ4v) is 2.94. The van der Waals surface area contributed by atoms with Crippen molar-refractivity contribution >= 4 is 22.7 Å². The zero-order valence-electron chi connectivity index (χ0n) is 11.9. The summed E-state index contributed by atoms with van der Waals surface area (Å²) in [5, 5.41) is 1.34. The first-order valence-corrected chi connectivity index (χ1v) is 8.31. The second-order valence-electron chi connectivity index (χ2n) is 4.97. The van der Waals surface area contributed by atoms with E-state index in [-0.39, 0.29) is 6.04 Å². The minimum atomic E-state index is 0.278. The maximum atomic E-state index is 6.03. The van der Waals surface area contributed by atoms with Crippen LogP contribution < -0.4 is 5.73 Å². The molecule has 0 aliphatic carbocycles. The Labute approximate surface area is 120 Å². The Hall–Kier alpha value is -0.930. The van der Waals surface area contributed by atoms with Crippen molar-refractivity contribution in [2.45, 2.75) is 39.3 Å². The van der Waals surface area contributed by atoms with Gasteiger partial charge in [0.1, 0.15) is 0 Å². The third-order valence-electron chi connectivity index (χ3n) is 3.54. The highest BCUT2D eigenvalue weighted by atomic mass is 32.2. The molecule has 2 nitrogen and oxygen atoms in total. The molecular formula is C16H24N2S. The summed E-state index contributed by atoms with van der Waals surface area (Å²) in [6.07, 6.45) is 4.21. The van der Waals surface area contributed by atoms with Crippen LogP contribution in [0.5, 0.6) is 0 Å². The Bertz CT molecular complexity index is 518. The number of hydrogen-bond acceptors (Lipinski definition) is 2. The lowest BCUT2D eigenvalue weighted by Gasteiger charge is -2.09. The summed E-state index contributed by atoms with van der Waals surface area (Å²) in [6.45, 7) is 5.45. The number of aryl methyl sites for hydroxylation is 1. The topological polar surface area (TPSA) is 30.9 Å². The van der Waals surface area contributed by atoms with Crippen molar-refractivity contribution in [1.82, 2.24) is 4.57 Å². The first kappa shape index (κ1) is 14.5. The lowest BCUT2D eigenvalue weighted by Crippen LogP contribution is -2.21. The molecule has 2 rings (SSSR count). The number of thioether (sulfide) groups is 1. The van der Waals surface area contributed by atoms with Gasteiger partial charge in [-0.25, -0.2) is 0 Å². The van der Waals surface area contributed by atoms with Gasteiger partial charge >= 0.3 is 0 Å². The summed E-state index contributed by atoms with van der Waals surface area (Å²) in [7, 11) is 0. The van der Waals surface area contributed by atoms with Crippen LogP contribution in [-0.4, -0.2) is 22.1 Å². The van der Waals surface area contributed by atoms with Crippen LogP contribution in [-0.2, 0) is 13.0 Å². The third kappa shape index (κ3) is 3.77. The molecule has 0 saturated carbocycles. The summed E-state index contributed by atoms with van der Waals surface area (Å²) >= 11 is 1.99. The average Bonchev–Trinajstić information content (AvgIpc) is 2.81. The van der Waals surface area contributed by atoms with Gasteiger partial charge in [0.15, 0.2) is 0 Å². The number of benzene rings is 1. The van der Waals surface area contributed by atoms with E-state index in [1.54, 1.807) is 0 Å². The molecule has 104 valence electrons. The van der Waals surface area contributed by atoms with E-state index in [0.29, 0.717) is 0 Å². The Morgan fingerprint density at radius 3 is 2.84 bits per heavy atom. The van der Waals surface area contributed by atoms with Crippen molar-refractivity contribution in [3.05, 3.63) is 36.0 Å².